The van der Waals surface area contributed by atoms with Crippen LogP contribution >= 0.6 is 0 Å². The van der Waals surface area contributed by atoms with E-state index in [1.54, 1.807) is 18.2 Å². The van der Waals surface area contributed by atoms with Crippen LogP contribution in [0.1, 0.15) is 25.3 Å². The molecule has 0 unspecified atom stereocenters. The third kappa shape index (κ3) is 4.10. The molecule has 90 valence electrons. The molecule has 0 bridgehead atoms. The van der Waals surface area contributed by atoms with Crippen molar-refractivity contribution in [3.63, 3.8) is 0 Å². The number of nitrogen functional groups attached to an aromatic ring is 1. The minimum atomic E-state index is -2.41. The first-order valence-corrected chi connectivity index (χ1v) is 6.62. The highest BCUT2D eigenvalue weighted by Gasteiger charge is 2.02. The molecule has 0 fully saturated rings. The molecule has 0 radical (unpaired) electrons. The highest BCUT2D eigenvalue weighted by molar-refractivity contribution is 7.71. The van der Waals surface area contributed by atoms with Crippen molar-refractivity contribution in [2.45, 2.75) is 25.5 Å². The van der Waals surface area contributed by atoms with Crippen molar-refractivity contribution in [2.24, 2.45) is 0 Å². The van der Waals surface area contributed by atoms with Crippen LogP contribution in [0.15, 0.2) is 18.2 Å². The monoisotopic (exact) mass is 243 g/mol. The Morgan fingerprint density at radius 2 is 2.12 bits per heavy atom. The minimum Gasteiger partial charge on any atom is -0.491 e. The van der Waals surface area contributed by atoms with Gasteiger partial charge in [0.2, 0.25) is 0 Å². The molecule has 2 N–H and O–H groups in total. The highest BCUT2D eigenvalue weighted by Crippen LogP contribution is 2.23. The van der Waals surface area contributed by atoms with Crippen LogP contribution in [-0.4, -0.2) is 15.0 Å². The summed E-state index contributed by atoms with van der Waals surface area (Å²) in [6.07, 6.45) is 2.04. The molecule has 0 atom stereocenters. The summed E-state index contributed by atoms with van der Waals surface area (Å²) in [4.78, 5) is 0. The van der Waals surface area contributed by atoms with Gasteiger partial charge in [0.05, 0.1) is 18.0 Å². The third-order valence-electron chi connectivity index (χ3n) is 2.14. The van der Waals surface area contributed by atoms with E-state index in [1.165, 1.54) is 0 Å². The number of benzene rings is 1. The van der Waals surface area contributed by atoms with Crippen LogP contribution in [0.4, 0.5) is 5.69 Å². The van der Waals surface area contributed by atoms with E-state index in [0.717, 1.165) is 12.8 Å². The van der Waals surface area contributed by atoms with Crippen molar-refractivity contribution in [2.75, 3.05) is 12.3 Å². The number of nitrogens with two attached hydrogens (primary N) is 1. The summed E-state index contributed by atoms with van der Waals surface area (Å²) in [6, 6.07) is 5.09. The van der Waals surface area contributed by atoms with Crippen LogP contribution in [-0.2, 0) is 16.5 Å². The molecule has 1 aromatic rings. The van der Waals surface area contributed by atoms with Gasteiger partial charge in [-0.3, -0.25) is 0 Å². The maximum Gasteiger partial charge on any atom is 0.144 e. The fourth-order valence-corrected chi connectivity index (χ4v) is 1.80. The van der Waals surface area contributed by atoms with E-state index < -0.39 is 10.7 Å². The molecule has 0 aliphatic rings. The van der Waals surface area contributed by atoms with Gasteiger partial charge in [0.1, 0.15) is 16.5 Å². The zero-order valence-electron chi connectivity index (χ0n) is 9.31. The van der Waals surface area contributed by atoms with Gasteiger partial charge in [-0.25, -0.2) is 8.42 Å². The summed E-state index contributed by atoms with van der Waals surface area (Å²) >= 11 is 0. The van der Waals surface area contributed by atoms with E-state index in [1.807, 2.05) is 0 Å². The molecule has 0 saturated carbocycles. The molecule has 0 spiro atoms. The van der Waals surface area contributed by atoms with Crippen LogP contribution in [0.3, 0.4) is 0 Å². The van der Waals surface area contributed by atoms with Gasteiger partial charge in [0.15, 0.2) is 0 Å². The second-order valence-electron chi connectivity index (χ2n) is 3.57. The number of unbranched alkanes of at least 4 members (excludes halogenated alkanes) is 1. The predicted molar refractivity (Wildman–Crippen MR) is 65.3 cm³/mol. The molecule has 1 rings (SSSR count). The van der Waals surface area contributed by atoms with Gasteiger partial charge in [0.25, 0.3) is 0 Å². The Bertz CT molecular complexity index is 408. The molecule has 4 nitrogen and oxygen atoms in total. The Morgan fingerprint density at radius 1 is 1.38 bits per heavy atom. The van der Waals surface area contributed by atoms with Crippen LogP contribution in [0.25, 0.3) is 0 Å². The van der Waals surface area contributed by atoms with E-state index >= 15 is 0 Å². The minimum absolute atomic E-state index is 0.0226. The quantitative estimate of drug-likeness (QED) is 0.452. The number of hydrogen-bond acceptors (Lipinski definition) is 4. The lowest BCUT2D eigenvalue weighted by atomic mass is 10.2. The third-order valence-corrected chi connectivity index (χ3v) is 2.76. The normalized spacial score (nSPS) is 10.6. The molecule has 0 aliphatic heterocycles. The number of rotatable bonds is 6. The molecular weight excluding hydrogens is 226 g/mol. The second-order valence-corrected chi connectivity index (χ2v) is 4.55. The van der Waals surface area contributed by atoms with Crippen LogP contribution in [0.5, 0.6) is 5.75 Å². The van der Waals surface area contributed by atoms with Crippen LogP contribution in [0.2, 0.25) is 0 Å². The van der Waals surface area contributed by atoms with E-state index in [-0.39, 0.29) is 5.75 Å². The Morgan fingerprint density at radius 3 is 2.69 bits per heavy atom. The molecule has 0 heterocycles. The predicted octanol–water partition coefficient (Wildman–Crippen LogP) is 1.56. The number of thiol groups is 1. The van der Waals surface area contributed by atoms with Crippen LogP contribution < -0.4 is 10.5 Å². The van der Waals surface area contributed by atoms with Gasteiger partial charge in [-0.05, 0) is 24.1 Å². The molecule has 0 aromatic heterocycles. The number of hydrogen-bond donors (Lipinski definition) is 2. The number of anilines is 1. The van der Waals surface area contributed by atoms with Gasteiger partial charge < -0.3 is 10.5 Å². The number of ether oxygens (including phenoxy) is 1. The summed E-state index contributed by atoms with van der Waals surface area (Å²) in [5.41, 5.74) is 6.94. The lowest BCUT2D eigenvalue weighted by Crippen LogP contribution is -2.00. The Kier molecular flexibility index (Phi) is 5.11. The van der Waals surface area contributed by atoms with Crippen molar-refractivity contribution >= 4 is 16.4 Å². The Labute approximate surface area is 97.4 Å². The SMILES string of the molecule is CCCCOc1ccc(C[SH](=O)=O)cc1N. The maximum atomic E-state index is 10.5. The zero-order valence-corrected chi connectivity index (χ0v) is 10.2. The first-order valence-electron chi connectivity index (χ1n) is 5.26. The molecule has 0 aliphatic carbocycles. The van der Waals surface area contributed by atoms with Crippen molar-refractivity contribution in [1.29, 1.82) is 0 Å². The fraction of sp³-hybridized carbons (Fsp3) is 0.455. The Balaban J connectivity index is 2.67. The van der Waals surface area contributed by atoms with Crippen molar-refractivity contribution in [3.05, 3.63) is 23.8 Å². The zero-order chi connectivity index (χ0) is 12.0. The summed E-state index contributed by atoms with van der Waals surface area (Å²) in [5.74, 6) is 0.646. The smallest absolute Gasteiger partial charge is 0.144 e. The molecule has 0 saturated heterocycles. The second kappa shape index (κ2) is 6.37. The van der Waals surface area contributed by atoms with Gasteiger partial charge in [0, 0.05) is 0 Å². The van der Waals surface area contributed by atoms with E-state index in [4.69, 9.17) is 10.5 Å². The molecule has 5 heteroatoms. The average molecular weight is 243 g/mol. The van der Waals surface area contributed by atoms with Crippen LogP contribution in [0, 0.1) is 0 Å². The van der Waals surface area contributed by atoms with E-state index in [0.29, 0.717) is 23.6 Å². The topological polar surface area (TPSA) is 69.4 Å². The maximum absolute atomic E-state index is 10.5. The lowest BCUT2D eigenvalue weighted by molar-refractivity contribution is 0.311. The molecule has 1 aromatic carbocycles. The van der Waals surface area contributed by atoms with Gasteiger partial charge in [-0.15, -0.1) is 0 Å². The first-order chi connectivity index (χ1) is 7.63. The average Bonchev–Trinajstić information content (AvgIpc) is 2.20. The standard InChI is InChI=1S/C11H17NO3S/c1-2-3-6-15-11-5-4-9(7-10(11)12)8-16(13)14/h4-5,7,16H,2-3,6,8,12H2,1H3. The van der Waals surface area contributed by atoms with Crippen molar-refractivity contribution < 1.29 is 13.2 Å². The van der Waals surface area contributed by atoms with E-state index in [9.17, 15) is 8.42 Å². The van der Waals surface area contributed by atoms with Crippen molar-refractivity contribution in [1.82, 2.24) is 0 Å². The highest BCUT2D eigenvalue weighted by atomic mass is 32.2. The van der Waals surface area contributed by atoms with Gasteiger partial charge in [-0.2, -0.15) is 0 Å². The van der Waals surface area contributed by atoms with E-state index in [2.05, 4.69) is 6.92 Å². The van der Waals surface area contributed by atoms with Crippen molar-refractivity contribution in [3.8, 4) is 5.75 Å². The lowest BCUT2D eigenvalue weighted by Gasteiger charge is -2.09. The largest absolute Gasteiger partial charge is 0.491 e. The summed E-state index contributed by atoms with van der Waals surface area (Å²) in [6.45, 7) is 2.72. The summed E-state index contributed by atoms with van der Waals surface area (Å²) in [5, 5.41) is 0. The fourth-order valence-electron chi connectivity index (χ4n) is 1.30. The summed E-state index contributed by atoms with van der Waals surface area (Å²) < 4.78 is 26.5. The first kappa shape index (κ1) is 12.8. The molecule has 0 amide bonds. The molecule has 16 heavy (non-hydrogen) atoms. The Hall–Kier alpha value is -1.23. The van der Waals surface area contributed by atoms with Gasteiger partial charge >= 0.3 is 0 Å². The summed E-state index contributed by atoms with van der Waals surface area (Å²) in [7, 11) is -2.41. The van der Waals surface area contributed by atoms with Gasteiger partial charge in [-0.1, -0.05) is 19.4 Å². The molecular formula is C11H17NO3S.